The molecule has 0 saturated carbocycles. The summed E-state index contributed by atoms with van der Waals surface area (Å²) in [5.74, 6) is 0. The summed E-state index contributed by atoms with van der Waals surface area (Å²) < 4.78 is 7.66. The Kier molecular flexibility index (Phi) is 8.17. The molecule has 1 heterocycles. The molecular formula is C18H33N3O2. The van der Waals surface area contributed by atoms with Gasteiger partial charge in [0.15, 0.2) is 0 Å². The Morgan fingerprint density at radius 1 is 1.26 bits per heavy atom. The number of rotatable bonds is 9. The summed E-state index contributed by atoms with van der Waals surface area (Å²) in [4.78, 5) is 13.9. The summed E-state index contributed by atoms with van der Waals surface area (Å²) >= 11 is 0. The van der Waals surface area contributed by atoms with Crippen LogP contribution in [-0.4, -0.2) is 40.8 Å². The molecule has 0 fully saturated rings. The lowest BCUT2D eigenvalue weighted by molar-refractivity contribution is 0.0252. The van der Waals surface area contributed by atoms with Gasteiger partial charge in [-0.15, -0.1) is 0 Å². The van der Waals surface area contributed by atoms with E-state index in [2.05, 4.69) is 42.2 Å². The van der Waals surface area contributed by atoms with Gasteiger partial charge in [0.2, 0.25) is 0 Å². The second-order valence-electron chi connectivity index (χ2n) is 6.90. The number of amides is 1. The van der Waals surface area contributed by atoms with E-state index < -0.39 is 5.60 Å². The first-order valence-corrected chi connectivity index (χ1v) is 8.69. The Morgan fingerprint density at radius 3 is 2.61 bits per heavy atom. The molecule has 0 aliphatic carbocycles. The summed E-state index contributed by atoms with van der Waals surface area (Å²) in [7, 11) is 0. The quantitative estimate of drug-likeness (QED) is 0.706. The Morgan fingerprint density at radius 2 is 2.00 bits per heavy atom. The number of hydrogen-bond donors (Lipinski definition) is 1. The maximum Gasteiger partial charge on any atom is 0.410 e. The van der Waals surface area contributed by atoms with E-state index in [9.17, 15) is 4.79 Å². The molecule has 0 atom stereocenters. The average molecular weight is 323 g/mol. The minimum absolute atomic E-state index is 0.227. The van der Waals surface area contributed by atoms with Crippen molar-refractivity contribution < 1.29 is 9.53 Å². The molecule has 0 unspecified atom stereocenters. The number of hydrogen-bond acceptors (Lipinski definition) is 3. The molecule has 0 aromatic carbocycles. The van der Waals surface area contributed by atoms with Crippen LogP contribution in [0.2, 0.25) is 0 Å². The second kappa shape index (κ2) is 9.60. The minimum Gasteiger partial charge on any atom is -0.444 e. The van der Waals surface area contributed by atoms with Gasteiger partial charge in [0, 0.05) is 45.1 Å². The summed E-state index contributed by atoms with van der Waals surface area (Å²) in [6, 6.07) is 2.14. The van der Waals surface area contributed by atoms with Crippen LogP contribution >= 0.6 is 0 Å². The van der Waals surface area contributed by atoms with Gasteiger partial charge in [0.1, 0.15) is 5.60 Å². The van der Waals surface area contributed by atoms with Gasteiger partial charge in [-0.1, -0.05) is 13.8 Å². The van der Waals surface area contributed by atoms with Gasteiger partial charge in [0.25, 0.3) is 0 Å². The fourth-order valence-corrected chi connectivity index (χ4v) is 2.33. The van der Waals surface area contributed by atoms with Crippen LogP contribution in [0.15, 0.2) is 18.5 Å². The second-order valence-corrected chi connectivity index (χ2v) is 6.90. The number of carbonyl (C=O) groups excluding carboxylic acids is 1. The minimum atomic E-state index is -0.446. The molecule has 1 aromatic heterocycles. The van der Waals surface area contributed by atoms with Gasteiger partial charge in [-0.2, -0.15) is 0 Å². The molecule has 0 saturated heterocycles. The number of nitrogens with zero attached hydrogens (tertiary/aromatic N) is 2. The van der Waals surface area contributed by atoms with Crippen molar-refractivity contribution in [2.45, 2.75) is 66.2 Å². The standard InChI is InChI=1S/C18H33N3O2/c1-6-10-20-12-8-16(15-20)14-19-9-13-21(11-7-2)17(22)23-18(3,4)5/h8,12,15,19H,6-7,9-11,13-14H2,1-5H3. The van der Waals surface area contributed by atoms with E-state index in [-0.39, 0.29) is 6.09 Å². The first kappa shape index (κ1) is 19.6. The van der Waals surface area contributed by atoms with E-state index in [4.69, 9.17) is 4.74 Å². The van der Waals surface area contributed by atoms with Crippen LogP contribution in [0.4, 0.5) is 4.79 Å². The number of aryl methyl sites for hydroxylation is 1. The van der Waals surface area contributed by atoms with Crippen LogP contribution in [0.5, 0.6) is 0 Å². The molecule has 23 heavy (non-hydrogen) atoms. The molecule has 0 radical (unpaired) electrons. The van der Waals surface area contributed by atoms with Crippen molar-refractivity contribution in [1.82, 2.24) is 14.8 Å². The third-order valence-electron chi connectivity index (χ3n) is 3.33. The first-order valence-electron chi connectivity index (χ1n) is 8.69. The van der Waals surface area contributed by atoms with Crippen molar-refractivity contribution in [3.63, 3.8) is 0 Å². The van der Waals surface area contributed by atoms with Gasteiger partial charge < -0.3 is 19.5 Å². The van der Waals surface area contributed by atoms with Crippen molar-refractivity contribution >= 4 is 6.09 Å². The smallest absolute Gasteiger partial charge is 0.410 e. The summed E-state index contributed by atoms with van der Waals surface area (Å²) in [5.41, 5.74) is 0.830. The number of aromatic nitrogens is 1. The van der Waals surface area contributed by atoms with Crippen LogP contribution in [0, 0.1) is 0 Å². The predicted octanol–water partition coefficient (Wildman–Crippen LogP) is 3.63. The van der Waals surface area contributed by atoms with Crippen molar-refractivity contribution in [3.8, 4) is 0 Å². The van der Waals surface area contributed by atoms with Crippen LogP contribution in [0.1, 0.15) is 53.0 Å². The lowest BCUT2D eigenvalue weighted by Gasteiger charge is -2.27. The van der Waals surface area contributed by atoms with E-state index in [0.717, 1.165) is 39.0 Å². The van der Waals surface area contributed by atoms with Crippen molar-refractivity contribution in [1.29, 1.82) is 0 Å². The van der Waals surface area contributed by atoms with Crippen LogP contribution in [0.3, 0.4) is 0 Å². The zero-order valence-electron chi connectivity index (χ0n) is 15.4. The molecule has 0 aliphatic rings. The SMILES string of the molecule is CCCN(CCNCc1ccn(CCC)c1)C(=O)OC(C)(C)C. The van der Waals surface area contributed by atoms with E-state index in [0.29, 0.717) is 6.54 Å². The lowest BCUT2D eigenvalue weighted by atomic mass is 10.2. The topological polar surface area (TPSA) is 46.5 Å². The molecule has 0 spiro atoms. The first-order chi connectivity index (χ1) is 10.9. The summed E-state index contributed by atoms with van der Waals surface area (Å²) in [5, 5.41) is 3.40. The maximum atomic E-state index is 12.2. The highest BCUT2D eigenvalue weighted by Crippen LogP contribution is 2.10. The monoisotopic (exact) mass is 323 g/mol. The van der Waals surface area contributed by atoms with Crippen LogP contribution in [-0.2, 0) is 17.8 Å². The Hall–Kier alpha value is -1.49. The molecule has 5 nitrogen and oxygen atoms in total. The molecule has 0 bridgehead atoms. The molecular weight excluding hydrogens is 290 g/mol. The van der Waals surface area contributed by atoms with Crippen molar-refractivity contribution in [2.75, 3.05) is 19.6 Å². The Bertz CT molecular complexity index is 463. The molecule has 1 rings (SSSR count). The third kappa shape index (κ3) is 8.07. The van der Waals surface area contributed by atoms with Gasteiger partial charge >= 0.3 is 6.09 Å². The highest BCUT2D eigenvalue weighted by molar-refractivity contribution is 5.68. The molecule has 5 heteroatoms. The number of ether oxygens (including phenoxy) is 1. The van der Waals surface area contributed by atoms with E-state index in [1.54, 1.807) is 4.90 Å². The molecule has 1 aromatic rings. The number of carbonyl (C=O) groups is 1. The fourth-order valence-electron chi connectivity index (χ4n) is 2.33. The summed E-state index contributed by atoms with van der Waals surface area (Å²) in [6.45, 7) is 14.0. The van der Waals surface area contributed by atoms with E-state index >= 15 is 0 Å². The Labute approximate surface area is 141 Å². The predicted molar refractivity (Wildman–Crippen MR) is 94.5 cm³/mol. The fraction of sp³-hybridized carbons (Fsp3) is 0.722. The lowest BCUT2D eigenvalue weighted by Crippen LogP contribution is -2.40. The van der Waals surface area contributed by atoms with Crippen LogP contribution < -0.4 is 5.32 Å². The largest absolute Gasteiger partial charge is 0.444 e. The molecule has 0 aliphatic heterocycles. The van der Waals surface area contributed by atoms with Crippen LogP contribution in [0.25, 0.3) is 0 Å². The molecule has 132 valence electrons. The third-order valence-corrected chi connectivity index (χ3v) is 3.33. The van der Waals surface area contributed by atoms with Gasteiger partial charge in [-0.3, -0.25) is 0 Å². The normalized spacial score (nSPS) is 11.5. The highest BCUT2D eigenvalue weighted by atomic mass is 16.6. The summed E-state index contributed by atoms with van der Waals surface area (Å²) in [6.07, 6.45) is 6.14. The Balaban J connectivity index is 2.35. The van der Waals surface area contributed by atoms with Crippen molar-refractivity contribution in [3.05, 3.63) is 24.0 Å². The van der Waals surface area contributed by atoms with E-state index in [1.807, 2.05) is 20.8 Å². The highest BCUT2D eigenvalue weighted by Gasteiger charge is 2.21. The maximum absolute atomic E-state index is 12.2. The van der Waals surface area contributed by atoms with Crippen molar-refractivity contribution in [2.24, 2.45) is 0 Å². The zero-order chi connectivity index (χ0) is 17.3. The average Bonchev–Trinajstić information content (AvgIpc) is 2.88. The van der Waals surface area contributed by atoms with Gasteiger partial charge in [-0.05, 0) is 45.2 Å². The molecule has 1 N–H and O–H groups in total. The molecule has 1 amide bonds. The zero-order valence-corrected chi connectivity index (χ0v) is 15.4. The van der Waals surface area contributed by atoms with Gasteiger partial charge in [-0.25, -0.2) is 4.79 Å². The van der Waals surface area contributed by atoms with E-state index in [1.165, 1.54) is 5.56 Å². The van der Waals surface area contributed by atoms with Gasteiger partial charge in [0.05, 0.1) is 0 Å². The number of nitrogens with one attached hydrogen (secondary N) is 1.